The van der Waals surface area contributed by atoms with E-state index in [-0.39, 0.29) is 12.6 Å². The number of thioether (sulfide) groups is 1. The van der Waals surface area contributed by atoms with Gasteiger partial charge in [-0.2, -0.15) is 11.8 Å². The van der Waals surface area contributed by atoms with Gasteiger partial charge >= 0.3 is 0 Å². The van der Waals surface area contributed by atoms with Crippen LogP contribution in [0.2, 0.25) is 0 Å². The molecule has 0 aromatic carbocycles. The van der Waals surface area contributed by atoms with Crippen LogP contribution in [0.1, 0.15) is 34.1 Å². The topological polar surface area (TPSA) is 32.3 Å². The lowest BCUT2D eigenvalue weighted by molar-refractivity contribution is 0.188. The van der Waals surface area contributed by atoms with Crippen molar-refractivity contribution < 1.29 is 5.11 Å². The molecule has 2 nitrogen and oxygen atoms in total. The molecule has 0 radical (unpaired) electrons. The van der Waals surface area contributed by atoms with Crippen molar-refractivity contribution in [1.29, 1.82) is 0 Å². The first kappa shape index (κ1) is 13.3. The summed E-state index contributed by atoms with van der Waals surface area (Å²) in [6.45, 7) is 9.23. The van der Waals surface area contributed by atoms with Gasteiger partial charge in [-0.1, -0.05) is 27.7 Å². The number of hydrogen-bond acceptors (Lipinski definition) is 3. The number of aliphatic hydroxyl groups is 1. The van der Waals surface area contributed by atoms with E-state index in [2.05, 4.69) is 33.0 Å². The van der Waals surface area contributed by atoms with Crippen molar-refractivity contribution in [2.45, 2.75) is 46.2 Å². The summed E-state index contributed by atoms with van der Waals surface area (Å²) in [6.07, 6.45) is 1.23. The van der Waals surface area contributed by atoms with Crippen LogP contribution in [0.4, 0.5) is 0 Å². The van der Waals surface area contributed by atoms with Gasteiger partial charge in [0.05, 0.1) is 6.61 Å². The fourth-order valence-electron chi connectivity index (χ4n) is 2.13. The molecule has 0 aromatic heterocycles. The van der Waals surface area contributed by atoms with E-state index >= 15 is 0 Å². The molecule has 15 heavy (non-hydrogen) atoms. The third kappa shape index (κ3) is 4.33. The Kier molecular flexibility index (Phi) is 4.94. The second kappa shape index (κ2) is 5.55. The van der Waals surface area contributed by atoms with Crippen molar-refractivity contribution in [2.75, 3.05) is 18.1 Å². The van der Waals surface area contributed by atoms with Crippen LogP contribution < -0.4 is 5.32 Å². The molecule has 0 bridgehead atoms. The van der Waals surface area contributed by atoms with Crippen LogP contribution in [0, 0.1) is 11.3 Å². The Balaban J connectivity index is 2.43. The lowest BCUT2D eigenvalue weighted by Crippen LogP contribution is -2.48. The summed E-state index contributed by atoms with van der Waals surface area (Å²) in [7, 11) is 0. The maximum Gasteiger partial charge on any atom is 0.0587 e. The highest BCUT2D eigenvalue weighted by molar-refractivity contribution is 7.99. The zero-order valence-electron chi connectivity index (χ0n) is 10.4. The first-order chi connectivity index (χ1) is 6.94. The molecule has 0 aliphatic carbocycles. The molecule has 2 atom stereocenters. The molecule has 3 heteroatoms. The fraction of sp³-hybridized carbons (Fsp3) is 1.00. The van der Waals surface area contributed by atoms with Gasteiger partial charge < -0.3 is 10.4 Å². The van der Waals surface area contributed by atoms with Gasteiger partial charge in [-0.05, 0) is 23.5 Å². The monoisotopic (exact) mass is 231 g/mol. The van der Waals surface area contributed by atoms with E-state index in [0.717, 1.165) is 0 Å². The molecular formula is C12H25NOS. The second-order valence-corrected chi connectivity index (χ2v) is 6.81. The molecule has 1 rings (SSSR count). The minimum absolute atomic E-state index is 0.249. The molecule has 1 heterocycles. The Morgan fingerprint density at radius 1 is 1.47 bits per heavy atom. The van der Waals surface area contributed by atoms with Crippen molar-refractivity contribution >= 4 is 11.8 Å². The lowest BCUT2D eigenvalue weighted by Gasteiger charge is -2.37. The highest BCUT2D eigenvalue weighted by Gasteiger charge is 2.29. The molecule has 1 aliphatic rings. The smallest absolute Gasteiger partial charge is 0.0587 e. The van der Waals surface area contributed by atoms with Gasteiger partial charge in [-0.25, -0.2) is 0 Å². The average molecular weight is 231 g/mol. The average Bonchev–Trinajstić information content (AvgIpc) is 2.12. The van der Waals surface area contributed by atoms with Crippen LogP contribution >= 0.6 is 11.8 Å². The number of hydrogen-bond donors (Lipinski definition) is 2. The molecule has 90 valence electrons. The van der Waals surface area contributed by atoms with E-state index in [9.17, 15) is 5.11 Å². The van der Waals surface area contributed by atoms with Crippen molar-refractivity contribution in [2.24, 2.45) is 11.3 Å². The van der Waals surface area contributed by atoms with E-state index in [1.807, 2.05) is 11.8 Å². The van der Waals surface area contributed by atoms with E-state index in [0.29, 0.717) is 17.4 Å². The first-order valence-electron chi connectivity index (χ1n) is 5.89. The van der Waals surface area contributed by atoms with Crippen molar-refractivity contribution in [3.05, 3.63) is 0 Å². The fourth-order valence-corrected chi connectivity index (χ4v) is 3.42. The van der Waals surface area contributed by atoms with Crippen LogP contribution in [0.3, 0.4) is 0 Å². The zero-order valence-corrected chi connectivity index (χ0v) is 11.2. The van der Waals surface area contributed by atoms with Crippen molar-refractivity contribution in [3.8, 4) is 0 Å². The van der Waals surface area contributed by atoms with Crippen molar-refractivity contribution in [3.63, 3.8) is 0 Å². The van der Waals surface area contributed by atoms with Gasteiger partial charge in [0.2, 0.25) is 0 Å². The minimum Gasteiger partial charge on any atom is -0.395 e. The van der Waals surface area contributed by atoms with E-state index in [4.69, 9.17) is 0 Å². The molecule has 1 aliphatic heterocycles. The number of nitrogens with one attached hydrogen (secondary N) is 1. The largest absolute Gasteiger partial charge is 0.395 e. The molecule has 1 unspecified atom stereocenters. The first-order valence-corrected chi connectivity index (χ1v) is 7.05. The van der Waals surface area contributed by atoms with Crippen LogP contribution in [0.5, 0.6) is 0 Å². The Hall–Kier alpha value is 0.270. The summed E-state index contributed by atoms with van der Waals surface area (Å²) in [6, 6.07) is 0.822. The Bertz CT molecular complexity index is 194. The van der Waals surface area contributed by atoms with Crippen LogP contribution in [0.25, 0.3) is 0 Å². The predicted octanol–water partition coefficient (Wildman–Crippen LogP) is 2.12. The number of rotatable bonds is 4. The van der Waals surface area contributed by atoms with Gasteiger partial charge in [0.15, 0.2) is 0 Å². The Labute approximate surface area is 98.2 Å². The minimum atomic E-state index is 0.249. The van der Waals surface area contributed by atoms with E-state index < -0.39 is 0 Å². The molecule has 0 amide bonds. The molecule has 0 saturated carbocycles. The highest BCUT2D eigenvalue weighted by atomic mass is 32.2. The predicted molar refractivity (Wildman–Crippen MR) is 68.4 cm³/mol. The summed E-state index contributed by atoms with van der Waals surface area (Å²) in [5.41, 5.74) is 0.442. The lowest BCUT2D eigenvalue weighted by atomic mass is 9.87. The quantitative estimate of drug-likeness (QED) is 0.777. The second-order valence-electron chi connectivity index (χ2n) is 5.78. The third-order valence-corrected chi connectivity index (χ3v) is 4.69. The van der Waals surface area contributed by atoms with Crippen LogP contribution in [-0.4, -0.2) is 35.3 Å². The normalized spacial score (nSPS) is 28.0. The summed E-state index contributed by atoms with van der Waals surface area (Å²) in [4.78, 5) is 0. The summed E-state index contributed by atoms with van der Waals surface area (Å²) in [5.74, 6) is 2.95. The maximum absolute atomic E-state index is 9.29. The molecule has 1 fully saturated rings. The Morgan fingerprint density at radius 3 is 2.60 bits per heavy atom. The highest BCUT2D eigenvalue weighted by Crippen LogP contribution is 2.33. The van der Waals surface area contributed by atoms with Crippen LogP contribution in [0.15, 0.2) is 0 Å². The summed E-state index contributed by atoms with van der Waals surface area (Å²) < 4.78 is 0. The van der Waals surface area contributed by atoms with E-state index in [1.54, 1.807) is 0 Å². The summed E-state index contributed by atoms with van der Waals surface area (Å²) in [5, 5.41) is 12.9. The zero-order chi connectivity index (χ0) is 11.5. The Morgan fingerprint density at radius 2 is 2.13 bits per heavy atom. The summed E-state index contributed by atoms with van der Waals surface area (Å²) >= 11 is 2.03. The standard InChI is InChI=1S/C12H25NOS/c1-9(2)11(6-14)13-10-5-12(3,4)8-15-7-10/h9-11,13-14H,5-8H2,1-4H3/t10?,11-/m1/s1. The molecule has 0 aromatic rings. The molecule has 0 spiro atoms. The van der Waals surface area contributed by atoms with Gasteiger partial charge in [-0.3, -0.25) is 0 Å². The maximum atomic E-state index is 9.29. The molecule has 2 N–H and O–H groups in total. The van der Waals surface area contributed by atoms with Gasteiger partial charge in [0.25, 0.3) is 0 Å². The van der Waals surface area contributed by atoms with Gasteiger partial charge in [-0.15, -0.1) is 0 Å². The van der Waals surface area contributed by atoms with Gasteiger partial charge in [0, 0.05) is 17.8 Å². The SMILES string of the molecule is CC(C)[C@@H](CO)NC1CSCC(C)(C)C1. The van der Waals surface area contributed by atoms with Gasteiger partial charge in [0.1, 0.15) is 0 Å². The van der Waals surface area contributed by atoms with E-state index in [1.165, 1.54) is 17.9 Å². The third-order valence-electron chi connectivity index (χ3n) is 3.06. The molecule has 1 saturated heterocycles. The van der Waals surface area contributed by atoms with Crippen LogP contribution in [-0.2, 0) is 0 Å². The van der Waals surface area contributed by atoms with Crippen molar-refractivity contribution in [1.82, 2.24) is 5.32 Å². The number of aliphatic hydroxyl groups excluding tert-OH is 1. The molecular weight excluding hydrogens is 206 g/mol.